The number of rotatable bonds is 1. The van der Waals surface area contributed by atoms with Crippen LogP contribution in [0.1, 0.15) is 0 Å². The maximum atomic E-state index is 5.56. The third-order valence-electron chi connectivity index (χ3n) is 1.32. The lowest BCUT2D eigenvalue weighted by atomic mass is 10.3. The molecule has 0 amide bonds. The lowest BCUT2D eigenvalue weighted by molar-refractivity contribution is 1.02. The van der Waals surface area contributed by atoms with Crippen LogP contribution in [-0.4, -0.2) is 20.4 Å². The van der Waals surface area contributed by atoms with Crippen molar-refractivity contribution in [2.45, 2.75) is 0 Å². The van der Waals surface area contributed by atoms with Crippen LogP contribution < -0.4 is 0 Å². The summed E-state index contributed by atoms with van der Waals surface area (Å²) in [5, 5.41) is 14.4. The third kappa shape index (κ3) is 1.29. The van der Waals surface area contributed by atoms with Crippen molar-refractivity contribution in [3.05, 3.63) is 29.5 Å². The average Bonchev–Trinajstić information content (AvgIpc) is 2.58. The lowest BCUT2D eigenvalue weighted by Crippen LogP contribution is -1.87. The molecule has 1 radical (unpaired) electrons. The number of nitrogens with one attached hydrogen (secondary N) is 1. The maximum absolute atomic E-state index is 5.56. The number of hydrogen-bond donors (Lipinski definition) is 1. The van der Waals surface area contributed by atoms with E-state index in [2.05, 4.69) is 26.5 Å². The standard InChI is InChI=1S/C7H4ClN4/c8-7-2-1-5(11-12-7)6-3-4-9-10-6/h1-2,4H,(H,9,10). The summed E-state index contributed by atoms with van der Waals surface area (Å²) in [7, 11) is 0. The van der Waals surface area contributed by atoms with Crippen molar-refractivity contribution in [1.82, 2.24) is 20.4 Å². The SMILES string of the molecule is Clc1ccc(-c2[c]c[nH]n2)nn1. The minimum Gasteiger partial charge on any atom is -0.284 e. The number of aromatic amines is 1. The number of hydrogen-bond acceptors (Lipinski definition) is 3. The summed E-state index contributed by atoms with van der Waals surface area (Å²) in [6.07, 6.45) is 1.60. The van der Waals surface area contributed by atoms with Gasteiger partial charge in [-0.05, 0) is 12.1 Å². The molecule has 0 atom stereocenters. The van der Waals surface area contributed by atoms with E-state index in [-0.39, 0.29) is 0 Å². The predicted molar refractivity (Wildman–Crippen MR) is 43.5 cm³/mol. The Morgan fingerprint density at radius 1 is 1.33 bits per heavy atom. The van der Waals surface area contributed by atoms with E-state index >= 15 is 0 Å². The summed E-state index contributed by atoms with van der Waals surface area (Å²) in [5.74, 6) is 0. The maximum Gasteiger partial charge on any atom is 0.151 e. The molecule has 2 heterocycles. The van der Waals surface area contributed by atoms with Gasteiger partial charge in [0.2, 0.25) is 0 Å². The molecule has 0 aliphatic carbocycles. The Bertz CT molecular complexity index is 353. The molecule has 0 fully saturated rings. The van der Waals surface area contributed by atoms with Gasteiger partial charge in [0.25, 0.3) is 0 Å². The lowest BCUT2D eigenvalue weighted by Gasteiger charge is -1.91. The molecular weight excluding hydrogens is 176 g/mol. The van der Waals surface area contributed by atoms with Crippen molar-refractivity contribution in [3.8, 4) is 11.4 Å². The number of halogens is 1. The minimum atomic E-state index is 0.370. The van der Waals surface area contributed by atoms with Gasteiger partial charge in [-0.15, -0.1) is 10.2 Å². The van der Waals surface area contributed by atoms with E-state index in [4.69, 9.17) is 11.6 Å². The van der Waals surface area contributed by atoms with Gasteiger partial charge in [0, 0.05) is 12.3 Å². The van der Waals surface area contributed by atoms with E-state index in [0.717, 1.165) is 0 Å². The Kier molecular flexibility index (Phi) is 1.75. The van der Waals surface area contributed by atoms with Crippen LogP contribution in [-0.2, 0) is 0 Å². The van der Waals surface area contributed by atoms with Crippen LogP contribution in [0.15, 0.2) is 18.3 Å². The van der Waals surface area contributed by atoms with Crippen molar-refractivity contribution in [1.29, 1.82) is 0 Å². The summed E-state index contributed by atoms with van der Waals surface area (Å²) in [6, 6.07) is 6.26. The highest BCUT2D eigenvalue weighted by molar-refractivity contribution is 6.29. The predicted octanol–water partition coefficient (Wildman–Crippen LogP) is 1.32. The fourth-order valence-electron chi connectivity index (χ4n) is 0.803. The highest BCUT2D eigenvalue weighted by atomic mass is 35.5. The molecule has 0 saturated carbocycles. The zero-order chi connectivity index (χ0) is 8.39. The molecule has 0 spiro atoms. The highest BCUT2D eigenvalue weighted by Crippen LogP contribution is 2.12. The minimum absolute atomic E-state index is 0.370. The van der Waals surface area contributed by atoms with Crippen molar-refractivity contribution < 1.29 is 0 Å². The summed E-state index contributed by atoms with van der Waals surface area (Å²) in [5.41, 5.74) is 1.29. The summed E-state index contributed by atoms with van der Waals surface area (Å²) in [6.45, 7) is 0. The van der Waals surface area contributed by atoms with Crippen molar-refractivity contribution in [2.75, 3.05) is 0 Å². The molecule has 2 aromatic heterocycles. The molecule has 2 aromatic rings. The van der Waals surface area contributed by atoms with Crippen molar-refractivity contribution in [2.24, 2.45) is 0 Å². The molecule has 12 heavy (non-hydrogen) atoms. The Morgan fingerprint density at radius 3 is 2.83 bits per heavy atom. The molecular formula is C7H4ClN4. The Hall–Kier alpha value is -1.42. The molecule has 0 saturated heterocycles. The second-order valence-electron chi connectivity index (χ2n) is 2.12. The monoisotopic (exact) mass is 179 g/mol. The first-order chi connectivity index (χ1) is 5.86. The van der Waals surface area contributed by atoms with E-state index in [0.29, 0.717) is 16.5 Å². The van der Waals surface area contributed by atoms with Gasteiger partial charge in [-0.1, -0.05) is 11.6 Å². The highest BCUT2D eigenvalue weighted by Gasteiger charge is 2.01. The van der Waals surface area contributed by atoms with Gasteiger partial charge >= 0.3 is 0 Å². The van der Waals surface area contributed by atoms with Gasteiger partial charge in [-0.25, -0.2) is 0 Å². The summed E-state index contributed by atoms with van der Waals surface area (Å²) >= 11 is 5.56. The average molecular weight is 180 g/mol. The Balaban J connectivity index is 2.43. The number of H-pyrrole nitrogens is 1. The molecule has 0 aliphatic rings. The van der Waals surface area contributed by atoms with Gasteiger partial charge in [-0.3, -0.25) is 5.10 Å². The van der Waals surface area contributed by atoms with E-state index in [9.17, 15) is 0 Å². The topological polar surface area (TPSA) is 54.5 Å². The first-order valence-electron chi connectivity index (χ1n) is 3.27. The molecule has 1 N–H and O–H groups in total. The first-order valence-corrected chi connectivity index (χ1v) is 3.65. The first kappa shape index (κ1) is 7.24. The summed E-state index contributed by atoms with van der Waals surface area (Å²) in [4.78, 5) is 0. The van der Waals surface area contributed by atoms with Gasteiger partial charge in [0.15, 0.2) is 5.15 Å². The second kappa shape index (κ2) is 2.91. The van der Waals surface area contributed by atoms with Crippen LogP contribution in [0.5, 0.6) is 0 Å². The Morgan fingerprint density at radius 2 is 2.25 bits per heavy atom. The molecule has 2 rings (SSSR count). The molecule has 0 bridgehead atoms. The van der Waals surface area contributed by atoms with E-state index in [1.54, 1.807) is 18.3 Å². The zero-order valence-corrected chi connectivity index (χ0v) is 6.71. The van der Waals surface area contributed by atoms with Crippen molar-refractivity contribution >= 4 is 11.6 Å². The third-order valence-corrected chi connectivity index (χ3v) is 1.53. The van der Waals surface area contributed by atoms with E-state index in [1.165, 1.54) is 0 Å². The molecule has 0 aromatic carbocycles. The van der Waals surface area contributed by atoms with Crippen molar-refractivity contribution in [3.63, 3.8) is 0 Å². The van der Waals surface area contributed by atoms with Crippen LogP contribution in [0.25, 0.3) is 11.4 Å². The van der Waals surface area contributed by atoms with Crippen LogP contribution in [0.4, 0.5) is 0 Å². The van der Waals surface area contributed by atoms with E-state index < -0.39 is 0 Å². The normalized spacial score (nSPS) is 10.1. The molecule has 59 valence electrons. The summed E-state index contributed by atoms with van der Waals surface area (Å²) < 4.78 is 0. The van der Waals surface area contributed by atoms with Gasteiger partial charge in [-0.2, -0.15) is 5.10 Å². The Labute approximate surface area is 73.6 Å². The molecule has 5 heteroatoms. The fraction of sp³-hybridized carbons (Fsp3) is 0. The zero-order valence-electron chi connectivity index (χ0n) is 5.95. The molecule has 0 unspecified atom stereocenters. The van der Waals surface area contributed by atoms with Crippen LogP contribution in [0, 0.1) is 6.07 Å². The number of nitrogens with zero attached hydrogens (tertiary/aromatic N) is 3. The number of aromatic nitrogens is 4. The van der Waals surface area contributed by atoms with Gasteiger partial charge in [0.1, 0.15) is 11.4 Å². The molecule has 4 nitrogen and oxygen atoms in total. The molecule has 0 aliphatic heterocycles. The fourth-order valence-corrected chi connectivity index (χ4v) is 0.904. The second-order valence-corrected chi connectivity index (χ2v) is 2.51. The van der Waals surface area contributed by atoms with Crippen LogP contribution in [0.3, 0.4) is 0 Å². The van der Waals surface area contributed by atoms with E-state index in [1.807, 2.05) is 0 Å². The van der Waals surface area contributed by atoms with Gasteiger partial charge in [0.05, 0.1) is 0 Å². The smallest absolute Gasteiger partial charge is 0.151 e. The van der Waals surface area contributed by atoms with Crippen LogP contribution in [0.2, 0.25) is 5.15 Å². The largest absolute Gasteiger partial charge is 0.284 e. The van der Waals surface area contributed by atoms with Gasteiger partial charge < -0.3 is 0 Å². The quantitative estimate of drug-likeness (QED) is 0.719. The van der Waals surface area contributed by atoms with Crippen LogP contribution >= 0.6 is 11.6 Å².